The van der Waals surface area contributed by atoms with E-state index in [1.807, 2.05) is 156 Å². The molecule has 54 heteroatoms. The maximum absolute atomic E-state index is 14.0. The van der Waals surface area contributed by atoms with E-state index in [0.29, 0.717) is 38.9 Å². The molecule has 0 aliphatic heterocycles. The third-order valence-corrected chi connectivity index (χ3v) is 27.8. The molecular formula is C76H121I9N12O33. The summed E-state index contributed by atoms with van der Waals surface area (Å²) in [5.74, 6) is -4.78. The number of rotatable bonds is 51. The maximum atomic E-state index is 14.0. The first-order valence-electron chi connectivity index (χ1n) is 39.4. The molecule has 746 valence electrons. The maximum Gasteiger partial charge on any atom is 0.321 e. The minimum absolute atomic E-state index is 0. The van der Waals surface area contributed by atoms with Gasteiger partial charge in [0.05, 0.1) is 224 Å². The Balaban J connectivity index is 0.00000191. The topological polar surface area (TPSA) is 704 Å². The normalized spacial score (nSPS) is 14.0. The van der Waals surface area contributed by atoms with E-state index < -0.39 is 285 Å². The van der Waals surface area contributed by atoms with Gasteiger partial charge in [0.1, 0.15) is 0 Å². The molecule has 45 nitrogen and oxygen atoms in total. The Morgan fingerprint density at radius 2 is 0.338 bits per heavy atom. The van der Waals surface area contributed by atoms with Crippen LogP contribution < -0.4 is 16.0 Å². The molecule has 0 aromatic heterocycles. The molecule has 0 radical (unpaired) electrons. The molecule has 0 spiro atoms. The van der Waals surface area contributed by atoms with Gasteiger partial charge in [0.2, 0.25) is 0 Å². The molecule has 3 aromatic rings. The SMILES string of the molecule is C.CCCN(C)C(=O)Nc1c(I)c(C(=O)N(CC(O)CO)CC(O)CO)c(I)c(C(=O)N(CC(O)CO)CC(O)CO)c1I.CCCN(C)C(=O)Nc1c(I)c(C(=O)N(CC(O)CO)CC(O)CO)c(I)c(C(=O)N(CC(O)CO)CC(O)CO)c1I.CCCN(C)C(=O)Nc1c(I)c(C(=O)N(CC(O)CO)CC(O)CO)c(I)c(C(=O)N(CC(O)CO)CC(O)CO)c1I. The second-order valence-electron chi connectivity index (χ2n) is 29.1. The van der Waals surface area contributed by atoms with Crippen LogP contribution in [0.4, 0.5) is 31.4 Å². The molecule has 0 fully saturated rings. The van der Waals surface area contributed by atoms with Gasteiger partial charge >= 0.3 is 18.1 Å². The highest BCUT2D eigenvalue weighted by atomic mass is 127. The molecule has 0 bridgehead atoms. The van der Waals surface area contributed by atoms with Crippen molar-refractivity contribution in [3.05, 3.63) is 65.5 Å². The highest BCUT2D eigenvalue weighted by molar-refractivity contribution is 14.1. The zero-order valence-corrected chi connectivity index (χ0v) is 90.4. The molecule has 27 N–H and O–H groups in total. The van der Waals surface area contributed by atoms with Crippen LogP contribution in [-0.4, -0.2) is 492 Å². The zero-order valence-electron chi connectivity index (χ0n) is 71.0. The fourth-order valence-corrected chi connectivity index (χ4v) is 24.6. The molecule has 3 aromatic carbocycles. The van der Waals surface area contributed by atoms with Gasteiger partial charge in [-0.25, -0.2) is 14.4 Å². The molecule has 3 rings (SSSR count). The summed E-state index contributed by atoms with van der Waals surface area (Å²) < 4.78 is 1.55. The summed E-state index contributed by atoms with van der Waals surface area (Å²) in [7, 11) is 4.68. The second kappa shape index (κ2) is 65.8. The van der Waals surface area contributed by atoms with Gasteiger partial charge < -0.3 is 183 Å². The molecule has 12 atom stereocenters. The van der Waals surface area contributed by atoms with Crippen molar-refractivity contribution in [1.82, 2.24) is 44.1 Å². The first-order valence-corrected chi connectivity index (χ1v) is 49.2. The number of amides is 12. The lowest BCUT2D eigenvalue weighted by Crippen LogP contribution is -2.46. The van der Waals surface area contributed by atoms with E-state index in [1.54, 1.807) is 88.9 Å². The summed E-state index contributed by atoms with van der Waals surface area (Å²) in [6.07, 6.45) is -14.8. The number of aliphatic hydroxyl groups is 24. The summed E-state index contributed by atoms with van der Waals surface area (Å²) in [6, 6.07) is -1.62. The van der Waals surface area contributed by atoms with Crippen molar-refractivity contribution in [1.29, 1.82) is 0 Å². The predicted molar refractivity (Wildman–Crippen MR) is 549 cm³/mol. The molecular weight excluding hydrogens is 2750 g/mol. The standard InChI is InChI=1S/3C25H39I3N4O11.CH4/c3*1-3-4-30(2)25(43)29-22-20(27)17(23(41)31(5-13(37)9-33)6-14(38)10-34)19(26)18(21(22)28)24(42)32(7-15(39)11-35)8-16(40)12-36;/h3*13-16,33-40H,3-12H2,1-2H3,(H,29,43);1H4. The van der Waals surface area contributed by atoms with Crippen molar-refractivity contribution < 1.29 is 166 Å². The van der Waals surface area contributed by atoms with E-state index in [4.69, 9.17) is 0 Å². The molecule has 0 aliphatic rings. The number of aliphatic hydroxyl groups excluding tert-OH is 24. The van der Waals surface area contributed by atoms with Crippen LogP contribution in [0.2, 0.25) is 0 Å². The van der Waals surface area contributed by atoms with Gasteiger partial charge in [-0.15, -0.1) is 0 Å². The van der Waals surface area contributed by atoms with Gasteiger partial charge in [-0.05, 0) is 223 Å². The smallest absolute Gasteiger partial charge is 0.321 e. The van der Waals surface area contributed by atoms with E-state index in [1.165, 1.54) is 14.7 Å². The number of urea groups is 3. The van der Waals surface area contributed by atoms with Crippen LogP contribution in [0, 0.1) is 32.1 Å². The fraction of sp³-hybridized carbons (Fsp3) is 0.645. The Bertz CT molecular complexity index is 3430. The Kier molecular flexibility index (Phi) is 64.7. The lowest BCUT2D eigenvalue weighted by Gasteiger charge is -2.30. The number of carbonyl (C=O) groups excluding carboxylic acids is 9. The highest BCUT2D eigenvalue weighted by Crippen LogP contribution is 2.41. The zero-order chi connectivity index (χ0) is 99.0. The lowest BCUT2D eigenvalue weighted by atomic mass is 10.1. The van der Waals surface area contributed by atoms with E-state index in [-0.39, 0.29) is 90.0 Å². The van der Waals surface area contributed by atoms with Crippen LogP contribution in [0.25, 0.3) is 0 Å². The number of halogens is 9. The highest BCUT2D eigenvalue weighted by Gasteiger charge is 2.40. The van der Waals surface area contributed by atoms with Crippen molar-refractivity contribution in [2.45, 2.75) is 121 Å². The molecule has 0 heterocycles. The van der Waals surface area contributed by atoms with Crippen LogP contribution in [-0.2, 0) is 0 Å². The van der Waals surface area contributed by atoms with Crippen LogP contribution >= 0.6 is 203 Å². The van der Waals surface area contributed by atoms with Crippen molar-refractivity contribution in [3.8, 4) is 0 Å². The van der Waals surface area contributed by atoms with Gasteiger partial charge in [0.15, 0.2) is 0 Å². The number of carbonyl (C=O) groups is 9. The number of hydrogen-bond acceptors (Lipinski definition) is 33. The number of nitrogens with one attached hydrogen (secondary N) is 3. The van der Waals surface area contributed by atoms with Crippen molar-refractivity contribution >= 4 is 274 Å². The predicted octanol–water partition coefficient (Wildman–Crippen LogP) is -3.35. The molecule has 12 unspecified atom stereocenters. The number of nitrogens with zero attached hydrogens (tertiary/aromatic N) is 9. The van der Waals surface area contributed by atoms with Gasteiger partial charge in [0, 0.05) is 130 Å². The van der Waals surface area contributed by atoms with Gasteiger partial charge in [-0.3, -0.25) is 28.8 Å². The number of hydrogen-bond donors (Lipinski definition) is 27. The number of benzene rings is 3. The summed E-state index contributed by atoms with van der Waals surface area (Å²) in [6.45, 7) is -6.88. The summed E-state index contributed by atoms with van der Waals surface area (Å²) in [4.78, 5) is 133. The molecule has 130 heavy (non-hydrogen) atoms. The minimum atomic E-state index is -1.40. The first kappa shape index (κ1) is 128. The lowest BCUT2D eigenvalue weighted by molar-refractivity contribution is 0.0203. The first-order chi connectivity index (χ1) is 60.5. The molecule has 12 amide bonds. The molecule has 0 saturated carbocycles. The average Bonchev–Trinajstić information content (AvgIpc) is 0.765. The Labute approximate surface area is 874 Å². The van der Waals surface area contributed by atoms with E-state index in [2.05, 4.69) is 16.0 Å². The van der Waals surface area contributed by atoms with Crippen molar-refractivity contribution in [2.24, 2.45) is 0 Å². The van der Waals surface area contributed by atoms with E-state index in [0.717, 1.165) is 29.4 Å². The quantitative estimate of drug-likeness (QED) is 0.0246. The minimum Gasteiger partial charge on any atom is -0.394 e. The van der Waals surface area contributed by atoms with Crippen molar-refractivity contribution in [2.75, 3.05) is 215 Å². The number of anilines is 3. The van der Waals surface area contributed by atoms with Gasteiger partial charge in [0.25, 0.3) is 35.4 Å². The van der Waals surface area contributed by atoms with Crippen LogP contribution in [0.15, 0.2) is 0 Å². The average molecular weight is 2870 g/mol. The Morgan fingerprint density at radius 1 is 0.231 bits per heavy atom. The van der Waals surface area contributed by atoms with Gasteiger partial charge in [-0.1, -0.05) is 28.2 Å². The monoisotopic (exact) mass is 2870 g/mol. The summed E-state index contributed by atoms with van der Waals surface area (Å²) >= 11 is 16.3. The van der Waals surface area contributed by atoms with Crippen LogP contribution in [0.3, 0.4) is 0 Å². The molecule has 0 saturated heterocycles. The molecule has 0 aliphatic carbocycles. The van der Waals surface area contributed by atoms with Crippen LogP contribution in [0.1, 0.15) is 110 Å². The largest absolute Gasteiger partial charge is 0.394 e. The summed E-state index contributed by atoms with van der Waals surface area (Å²) in [5, 5.41) is 242. The second-order valence-corrected chi connectivity index (χ2v) is 38.8. The third kappa shape index (κ3) is 39.5. The summed E-state index contributed by atoms with van der Waals surface area (Å²) in [5.41, 5.74) is -0.305. The van der Waals surface area contributed by atoms with E-state index >= 15 is 0 Å². The van der Waals surface area contributed by atoms with Gasteiger partial charge in [-0.2, -0.15) is 0 Å². The van der Waals surface area contributed by atoms with Crippen LogP contribution in [0.5, 0.6) is 0 Å². The Hall–Kier alpha value is -2.10. The van der Waals surface area contributed by atoms with E-state index in [9.17, 15) is 166 Å². The fourth-order valence-electron chi connectivity index (χ4n) is 11.5. The van der Waals surface area contributed by atoms with Crippen molar-refractivity contribution in [3.63, 3.8) is 0 Å². The Morgan fingerprint density at radius 3 is 0.431 bits per heavy atom. The third-order valence-electron chi connectivity index (χ3n) is 18.1.